The first kappa shape index (κ1) is 32.5. The van der Waals surface area contributed by atoms with E-state index < -0.39 is 13.3 Å². The number of nitrogens with zero attached hydrogens (tertiary/aromatic N) is 2. The first-order valence-corrected chi connectivity index (χ1v) is 23.9. The molecule has 3 heterocycles. The maximum absolute atomic E-state index is 4.82. The third-order valence-electron chi connectivity index (χ3n) is 8.67. The van der Waals surface area contributed by atoms with Crippen molar-refractivity contribution >= 4 is 49.2 Å². The molecule has 2 nitrogen and oxygen atoms in total. The molecule has 0 N–H and O–H groups in total. The molecule has 3 aromatic heterocycles. The van der Waals surface area contributed by atoms with Crippen molar-refractivity contribution in [3.8, 4) is 33.6 Å². The Hall–Kier alpha value is -3.41. The molecular weight excluding hydrogens is 817 g/mol. The van der Waals surface area contributed by atoms with Crippen LogP contribution < -0.4 is 4.40 Å². The van der Waals surface area contributed by atoms with E-state index in [9.17, 15) is 0 Å². The third-order valence-corrected chi connectivity index (χ3v) is 14.1. The van der Waals surface area contributed by atoms with Gasteiger partial charge in [0.25, 0.3) is 0 Å². The van der Waals surface area contributed by atoms with Crippen molar-refractivity contribution in [2.75, 3.05) is 0 Å². The molecule has 0 unspecified atom stereocenters. The van der Waals surface area contributed by atoms with Crippen LogP contribution in [0.2, 0.25) is 17.3 Å². The van der Waals surface area contributed by atoms with Crippen molar-refractivity contribution in [3.05, 3.63) is 139 Å². The van der Waals surface area contributed by atoms with Crippen LogP contribution in [0.5, 0.6) is 0 Å². The molecule has 0 aliphatic heterocycles. The summed E-state index contributed by atoms with van der Waals surface area (Å²) in [5.74, 6) is 7.14. The molecule has 0 saturated carbocycles. The fourth-order valence-electron chi connectivity index (χ4n) is 6.16. The van der Waals surface area contributed by atoms with E-state index in [0.29, 0.717) is 0 Å². The van der Waals surface area contributed by atoms with Crippen molar-refractivity contribution in [1.29, 1.82) is 0 Å². The second kappa shape index (κ2) is 14.2. The number of hydrogen-bond acceptors (Lipinski definition) is 3. The Kier molecular flexibility index (Phi) is 10.0. The molecule has 1 aliphatic rings. The van der Waals surface area contributed by atoms with Gasteiger partial charge in [-0.05, 0) is 70.8 Å². The summed E-state index contributed by atoms with van der Waals surface area (Å²) < 4.78 is 4.07. The van der Waals surface area contributed by atoms with Gasteiger partial charge < -0.3 is 4.98 Å². The second-order valence-electron chi connectivity index (χ2n) is 12.7. The molecule has 0 amide bonds. The molecule has 0 fully saturated rings. The Morgan fingerprint density at radius 2 is 1.54 bits per heavy atom. The number of pyridine rings is 2. The van der Waals surface area contributed by atoms with E-state index in [1.807, 2.05) is 48.0 Å². The number of aryl methyl sites for hydroxylation is 1. The smallest absolute Gasteiger partial charge is 0.0240 e. The number of thiophene rings is 1. The van der Waals surface area contributed by atoms with E-state index in [2.05, 4.69) is 113 Å². The molecule has 1 radical (unpaired) electrons. The molecule has 0 saturated heterocycles. The van der Waals surface area contributed by atoms with E-state index >= 15 is 0 Å². The van der Waals surface area contributed by atoms with Crippen molar-refractivity contribution in [2.45, 2.75) is 43.0 Å². The molecule has 0 atom stereocenters. The predicted octanol–water partition coefficient (Wildman–Crippen LogP) is 10.6. The van der Waals surface area contributed by atoms with Gasteiger partial charge in [-0.25, -0.2) is 0 Å². The first-order valence-electron chi connectivity index (χ1n) is 15.8. The van der Waals surface area contributed by atoms with Crippen LogP contribution in [0.15, 0.2) is 116 Å². The van der Waals surface area contributed by atoms with Crippen LogP contribution in [0.25, 0.3) is 53.8 Å². The van der Waals surface area contributed by atoms with Gasteiger partial charge >= 0.3 is 99.8 Å². The van der Waals surface area contributed by atoms with Crippen LogP contribution in [0, 0.1) is 12.1 Å². The molecule has 7 aromatic rings. The summed E-state index contributed by atoms with van der Waals surface area (Å²) in [5, 5.41) is 2.64. The maximum Gasteiger partial charge on any atom is 0.0240 e. The van der Waals surface area contributed by atoms with Crippen molar-refractivity contribution in [1.82, 2.24) is 9.97 Å². The van der Waals surface area contributed by atoms with Gasteiger partial charge in [-0.3, -0.25) is 0 Å². The average molecular weight is 854 g/mol. The number of benzene rings is 4. The van der Waals surface area contributed by atoms with Gasteiger partial charge in [0.2, 0.25) is 0 Å². The van der Waals surface area contributed by atoms with Crippen LogP contribution in [0.1, 0.15) is 24.0 Å². The standard InChI is InChI=1S/C27H20NS.C14H16GeN.Ir/c1-2-7-18(8-3-1)20-13-14-25-24(17-20)22-11-6-12-23(27(22)29-25)26-21-10-5-4-9-19(21)15-16-28-26;1-15(2,3)13-9-10-14(16-11-13)12-7-5-4-6-8-12;/h1-3,6-8,11,13-17H,4-5,9-10H2;4-7,9-11H,1-3H3;/q2*-1;. The summed E-state index contributed by atoms with van der Waals surface area (Å²) in [7, 11) is 0. The SMILES string of the molecule is [CH3][Ge]([CH3])([CH3])[c]1ccc(-c2[c-]cccc2)nc1.[Ir].[c-]1ccc2c(sc3ccc(-c4ccccc4)cc32)c1-c1nccc2c1CCCC2. The summed E-state index contributed by atoms with van der Waals surface area (Å²) >= 11 is 0.151. The summed E-state index contributed by atoms with van der Waals surface area (Å²) in [6.45, 7) is 0. The number of fused-ring (bicyclic) bond motifs is 4. The van der Waals surface area contributed by atoms with Crippen molar-refractivity contribution in [2.24, 2.45) is 0 Å². The van der Waals surface area contributed by atoms with Crippen molar-refractivity contribution in [3.63, 3.8) is 0 Å². The van der Waals surface area contributed by atoms with E-state index in [4.69, 9.17) is 4.98 Å². The van der Waals surface area contributed by atoms with Crippen molar-refractivity contribution < 1.29 is 20.1 Å². The zero-order valence-electron chi connectivity index (χ0n) is 26.4. The summed E-state index contributed by atoms with van der Waals surface area (Å²) in [4.78, 5) is 9.35. The normalized spacial score (nSPS) is 12.6. The minimum Gasteiger partial charge on any atom is -0.304 e. The molecular formula is C41H36GeIrN2S-2. The van der Waals surface area contributed by atoms with Gasteiger partial charge in [0.1, 0.15) is 0 Å². The molecule has 0 spiro atoms. The summed E-state index contributed by atoms with van der Waals surface area (Å²) in [5.41, 5.74) is 9.82. The zero-order valence-corrected chi connectivity index (χ0v) is 31.7. The maximum atomic E-state index is 4.82. The Morgan fingerprint density at radius 3 is 2.30 bits per heavy atom. The summed E-state index contributed by atoms with van der Waals surface area (Å²) in [6.07, 6.45) is 8.87. The Balaban J connectivity index is 0.000000187. The number of hydrogen-bond donors (Lipinski definition) is 0. The van der Waals surface area contributed by atoms with Crippen LogP contribution in [0.3, 0.4) is 0 Å². The Bertz CT molecular complexity index is 2080. The fourth-order valence-corrected chi connectivity index (χ4v) is 9.51. The van der Waals surface area contributed by atoms with Gasteiger partial charge in [-0.1, -0.05) is 52.9 Å². The third kappa shape index (κ3) is 6.82. The van der Waals surface area contributed by atoms with E-state index in [-0.39, 0.29) is 20.1 Å². The van der Waals surface area contributed by atoms with Gasteiger partial charge in [0.15, 0.2) is 0 Å². The molecule has 5 heteroatoms. The Morgan fingerprint density at radius 1 is 0.717 bits per heavy atom. The van der Waals surface area contributed by atoms with E-state index in [1.54, 1.807) is 0 Å². The fraction of sp³-hybridized carbons (Fsp3) is 0.171. The monoisotopic (exact) mass is 855 g/mol. The van der Waals surface area contributed by atoms with Gasteiger partial charge in [-0.15, -0.1) is 23.8 Å². The molecule has 0 bridgehead atoms. The molecule has 8 rings (SSSR count). The number of rotatable bonds is 4. The van der Waals surface area contributed by atoms with E-state index in [0.717, 1.165) is 23.4 Å². The predicted molar refractivity (Wildman–Crippen MR) is 195 cm³/mol. The van der Waals surface area contributed by atoms with Gasteiger partial charge in [0.05, 0.1) is 0 Å². The minimum absolute atomic E-state index is 0. The first-order chi connectivity index (χ1) is 22.0. The van der Waals surface area contributed by atoms with Gasteiger partial charge in [-0.2, -0.15) is 11.3 Å². The number of aromatic nitrogens is 2. The molecule has 46 heavy (non-hydrogen) atoms. The quantitative estimate of drug-likeness (QED) is 0.130. The van der Waals surface area contributed by atoms with Crippen LogP contribution >= 0.6 is 11.3 Å². The summed E-state index contributed by atoms with van der Waals surface area (Å²) in [6, 6.07) is 43.0. The van der Waals surface area contributed by atoms with E-state index in [1.165, 1.54) is 71.6 Å². The topological polar surface area (TPSA) is 25.8 Å². The molecule has 1 aliphatic carbocycles. The largest absolute Gasteiger partial charge is 0.304 e. The van der Waals surface area contributed by atoms with Crippen LogP contribution in [0.4, 0.5) is 0 Å². The minimum atomic E-state index is -1.72. The van der Waals surface area contributed by atoms with Gasteiger partial charge in [0, 0.05) is 31.0 Å². The van der Waals surface area contributed by atoms with Crippen LogP contribution in [-0.2, 0) is 32.9 Å². The van der Waals surface area contributed by atoms with Crippen LogP contribution in [-0.4, -0.2) is 23.2 Å². The average Bonchev–Trinajstić information content (AvgIpc) is 3.47. The zero-order chi connectivity index (χ0) is 30.8. The molecule has 4 aromatic carbocycles. The molecule has 231 valence electrons. The second-order valence-corrected chi connectivity index (χ2v) is 24.4. The Labute approximate surface area is 292 Å².